The number of imidazole rings is 1. The van der Waals surface area contributed by atoms with E-state index in [0.717, 1.165) is 36.5 Å². The summed E-state index contributed by atoms with van der Waals surface area (Å²) in [5, 5.41) is 1.25. The first kappa shape index (κ1) is 12.0. The third-order valence-corrected chi connectivity index (χ3v) is 3.94. The molecule has 0 spiro atoms. The van der Waals surface area contributed by atoms with Gasteiger partial charge in [0.1, 0.15) is 5.82 Å². The highest BCUT2D eigenvalue weighted by Crippen LogP contribution is 2.33. The van der Waals surface area contributed by atoms with Crippen LogP contribution >= 0.6 is 23.2 Å². The molecule has 1 aliphatic rings. The second-order valence-electron chi connectivity index (χ2n) is 4.56. The van der Waals surface area contributed by atoms with Crippen molar-refractivity contribution in [3.63, 3.8) is 0 Å². The van der Waals surface area contributed by atoms with E-state index in [2.05, 4.69) is 9.55 Å². The van der Waals surface area contributed by atoms with Crippen molar-refractivity contribution in [2.24, 2.45) is 5.73 Å². The van der Waals surface area contributed by atoms with E-state index in [9.17, 15) is 0 Å². The van der Waals surface area contributed by atoms with E-state index in [1.54, 1.807) is 0 Å². The summed E-state index contributed by atoms with van der Waals surface area (Å²) in [6.07, 6.45) is 1.82. The summed E-state index contributed by atoms with van der Waals surface area (Å²) in [6, 6.07) is 7.81. The quantitative estimate of drug-likeness (QED) is 0.873. The van der Waals surface area contributed by atoms with Gasteiger partial charge in [-0.25, -0.2) is 4.98 Å². The molecule has 2 heterocycles. The smallest absolute Gasteiger partial charge is 0.150 e. The summed E-state index contributed by atoms with van der Waals surface area (Å²) < 4.78 is 2.09. The summed E-state index contributed by atoms with van der Waals surface area (Å²) in [4.78, 5) is 4.45. The molecule has 0 saturated heterocycles. The number of nitrogens with zero attached hydrogens (tertiary/aromatic N) is 2. The van der Waals surface area contributed by atoms with Crippen molar-refractivity contribution >= 4 is 23.2 Å². The van der Waals surface area contributed by atoms with Crippen LogP contribution in [0.5, 0.6) is 0 Å². The summed E-state index contributed by atoms with van der Waals surface area (Å²) in [5.41, 5.74) is 7.99. The summed E-state index contributed by atoms with van der Waals surface area (Å²) in [6.45, 7) is 0.746. The molecule has 0 bridgehead atoms. The Balaban J connectivity index is 2.17. The molecule has 1 aromatic heterocycles. The molecule has 0 radical (unpaired) electrons. The maximum atomic E-state index is 6.22. The molecule has 3 nitrogen and oxygen atoms in total. The highest BCUT2D eigenvalue weighted by molar-refractivity contribution is 6.33. The zero-order valence-electron chi connectivity index (χ0n) is 9.74. The third kappa shape index (κ3) is 1.92. The van der Waals surface area contributed by atoms with E-state index in [4.69, 9.17) is 28.9 Å². The molecule has 5 heteroatoms. The lowest BCUT2D eigenvalue weighted by molar-refractivity contribution is 0.464. The molecule has 18 heavy (non-hydrogen) atoms. The molecule has 0 fully saturated rings. The Morgan fingerprint density at radius 2 is 2.06 bits per heavy atom. The summed E-state index contributed by atoms with van der Waals surface area (Å²) in [7, 11) is 0. The number of aromatic nitrogens is 2. The molecule has 1 aliphatic heterocycles. The van der Waals surface area contributed by atoms with Crippen LogP contribution in [0.4, 0.5) is 0 Å². The van der Waals surface area contributed by atoms with Gasteiger partial charge < -0.3 is 10.3 Å². The molecule has 1 aromatic carbocycles. The van der Waals surface area contributed by atoms with Crippen LogP contribution in [-0.4, -0.2) is 15.6 Å². The van der Waals surface area contributed by atoms with Gasteiger partial charge in [-0.2, -0.15) is 0 Å². The number of hydrogen-bond acceptors (Lipinski definition) is 2. The van der Waals surface area contributed by atoms with Crippen molar-refractivity contribution in [1.82, 2.24) is 9.55 Å². The highest BCUT2D eigenvalue weighted by atomic mass is 35.5. The lowest BCUT2D eigenvalue weighted by Gasteiger charge is -2.22. The molecule has 1 unspecified atom stereocenters. The van der Waals surface area contributed by atoms with Crippen LogP contribution in [0.25, 0.3) is 11.4 Å². The van der Waals surface area contributed by atoms with Gasteiger partial charge in [0.15, 0.2) is 5.15 Å². The largest absolute Gasteiger partial charge is 0.326 e. The number of hydrogen-bond donors (Lipinski definition) is 1. The lowest BCUT2D eigenvalue weighted by Crippen LogP contribution is -2.32. The van der Waals surface area contributed by atoms with E-state index in [1.807, 2.05) is 24.3 Å². The molecular weight excluding hydrogens is 269 g/mol. The van der Waals surface area contributed by atoms with E-state index in [-0.39, 0.29) is 6.04 Å². The van der Waals surface area contributed by atoms with Gasteiger partial charge in [0.2, 0.25) is 0 Å². The Bertz CT molecular complexity index is 592. The van der Waals surface area contributed by atoms with Gasteiger partial charge in [0.05, 0.1) is 10.7 Å². The van der Waals surface area contributed by atoms with Gasteiger partial charge in [-0.1, -0.05) is 35.3 Å². The topological polar surface area (TPSA) is 43.8 Å². The first-order valence-electron chi connectivity index (χ1n) is 5.92. The SMILES string of the molecule is NC1CCc2c(Cl)nc(-c3ccccc3Cl)n2C1. The van der Waals surface area contributed by atoms with Gasteiger partial charge in [0, 0.05) is 18.2 Å². The van der Waals surface area contributed by atoms with Crippen molar-refractivity contribution < 1.29 is 0 Å². The van der Waals surface area contributed by atoms with Crippen LogP contribution < -0.4 is 5.73 Å². The minimum absolute atomic E-state index is 0.156. The van der Waals surface area contributed by atoms with Gasteiger partial charge in [-0.3, -0.25) is 0 Å². The molecule has 2 N–H and O–H groups in total. The maximum absolute atomic E-state index is 6.22. The zero-order chi connectivity index (χ0) is 12.7. The fourth-order valence-electron chi connectivity index (χ4n) is 2.39. The number of halogens is 2. The second kappa shape index (κ2) is 4.57. The van der Waals surface area contributed by atoms with Gasteiger partial charge in [-0.15, -0.1) is 0 Å². The maximum Gasteiger partial charge on any atom is 0.150 e. The van der Waals surface area contributed by atoms with E-state index < -0.39 is 0 Å². The van der Waals surface area contributed by atoms with E-state index in [0.29, 0.717) is 10.2 Å². The Labute approximate surface area is 116 Å². The lowest BCUT2D eigenvalue weighted by atomic mass is 10.1. The van der Waals surface area contributed by atoms with E-state index in [1.165, 1.54) is 0 Å². The van der Waals surface area contributed by atoms with Crippen LogP contribution in [0.1, 0.15) is 12.1 Å². The fourth-order valence-corrected chi connectivity index (χ4v) is 2.88. The number of nitrogens with two attached hydrogens (primary N) is 1. The molecule has 2 aromatic rings. The third-order valence-electron chi connectivity index (χ3n) is 3.31. The fraction of sp³-hybridized carbons (Fsp3) is 0.308. The second-order valence-corrected chi connectivity index (χ2v) is 5.33. The molecule has 0 saturated carbocycles. The average Bonchev–Trinajstić information content (AvgIpc) is 2.67. The summed E-state index contributed by atoms with van der Waals surface area (Å²) >= 11 is 12.4. The Morgan fingerprint density at radius 3 is 2.83 bits per heavy atom. The zero-order valence-corrected chi connectivity index (χ0v) is 11.2. The van der Waals surface area contributed by atoms with Gasteiger partial charge >= 0.3 is 0 Å². The van der Waals surface area contributed by atoms with Crippen molar-refractivity contribution in [3.8, 4) is 11.4 Å². The van der Waals surface area contributed by atoms with Crippen LogP contribution in [0.15, 0.2) is 24.3 Å². The van der Waals surface area contributed by atoms with Gasteiger partial charge in [0.25, 0.3) is 0 Å². The van der Waals surface area contributed by atoms with Gasteiger partial charge in [-0.05, 0) is 25.0 Å². The first-order chi connectivity index (χ1) is 8.66. The molecule has 0 aliphatic carbocycles. The van der Waals surface area contributed by atoms with E-state index >= 15 is 0 Å². The van der Waals surface area contributed by atoms with Crippen LogP contribution in [0.3, 0.4) is 0 Å². The molecule has 0 amide bonds. The number of rotatable bonds is 1. The number of fused-ring (bicyclic) bond motifs is 1. The predicted octanol–water partition coefficient (Wildman–Crippen LogP) is 3.13. The molecular formula is C13H13Cl2N3. The highest BCUT2D eigenvalue weighted by Gasteiger charge is 2.24. The van der Waals surface area contributed by atoms with Crippen LogP contribution in [0, 0.1) is 0 Å². The standard InChI is InChI=1S/C13H13Cl2N3/c14-10-4-2-1-3-9(10)13-17-12(15)11-6-5-8(16)7-18(11)13/h1-4,8H,5-7,16H2. The summed E-state index contributed by atoms with van der Waals surface area (Å²) in [5.74, 6) is 0.816. The normalized spacial score (nSPS) is 18.7. The molecule has 1 atom stereocenters. The monoisotopic (exact) mass is 281 g/mol. The average molecular weight is 282 g/mol. The first-order valence-corrected chi connectivity index (χ1v) is 6.68. The van der Waals surface area contributed by atoms with Crippen molar-refractivity contribution in [2.75, 3.05) is 0 Å². The van der Waals surface area contributed by atoms with Crippen molar-refractivity contribution in [1.29, 1.82) is 0 Å². The minimum atomic E-state index is 0.156. The van der Waals surface area contributed by atoms with Crippen LogP contribution in [0.2, 0.25) is 10.2 Å². The Hall–Kier alpha value is -1.03. The Kier molecular flexibility index (Phi) is 3.06. The molecule has 3 rings (SSSR count). The van der Waals surface area contributed by atoms with Crippen LogP contribution in [-0.2, 0) is 13.0 Å². The Morgan fingerprint density at radius 1 is 1.28 bits per heavy atom. The predicted molar refractivity (Wildman–Crippen MR) is 74.0 cm³/mol. The van der Waals surface area contributed by atoms with Crippen molar-refractivity contribution in [3.05, 3.63) is 40.1 Å². The number of benzene rings is 1. The molecule has 94 valence electrons. The van der Waals surface area contributed by atoms with Crippen molar-refractivity contribution in [2.45, 2.75) is 25.4 Å². The minimum Gasteiger partial charge on any atom is -0.326 e.